The van der Waals surface area contributed by atoms with Crippen molar-refractivity contribution in [2.24, 2.45) is 0 Å². The van der Waals surface area contributed by atoms with Gasteiger partial charge in [0.05, 0.1) is 23.2 Å². The van der Waals surface area contributed by atoms with Gasteiger partial charge in [0.15, 0.2) is 0 Å². The van der Waals surface area contributed by atoms with E-state index in [1.165, 1.54) is 18.2 Å². The molecule has 2 aromatic carbocycles. The Kier molecular flexibility index (Phi) is 6.10. The maximum atomic E-state index is 12.7. The maximum absolute atomic E-state index is 12.7. The topological polar surface area (TPSA) is 88.2 Å². The molecule has 0 aliphatic heterocycles. The number of benzene rings is 2. The Labute approximate surface area is 181 Å². The average Bonchev–Trinajstić information content (AvgIpc) is 3.04. The third-order valence-electron chi connectivity index (χ3n) is 4.25. The monoisotopic (exact) mass is 469 g/mol. The Morgan fingerprint density at radius 3 is 2.29 bits per heavy atom. The van der Waals surface area contributed by atoms with Crippen molar-refractivity contribution >= 4 is 38.6 Å². The molecule has 3 rings (SSSR count). The van der Waals surface area contributed by atoms with Crippen LogP contribution >= 0.6 is 11.3 Å². The van der Waals surface area contributed by atoms with E-state index in [4.69, 9.17) is 0 Å². The Morgan fingerprint density at radius 1 is 1.06 bits per heavy atom. The van der Waals surface area contributed by atoms with Crippen molar-refractivity contribution in [2.45, 2.75) is 20.0 Å². The first-order chi connectivity index (χ1) is 14.3. The third-order valence-corrected chi connectivity index (χ3v) is 6.05. The summed E-state index contributed by atoms with van der Waals surface area (Å²) in [5.74, 6) is -0.456. The summed E-state index contributed by atoms with van der Waals surface area (Å²) in [6.07, 6.45) is -3.40. The minimum Gasteiger partial charge on any atom is -0.321 e. The van der Waals surface area contributed by atoms with E-state index in [0.717, 1.165) is 29.7 Å². The molecule has 11 heteroatoms. The van der Waals surface area contributed by atoms with Gasteiger partial charge in [0.2, 0.25) is 10.0 Å². The summed E-state index contributed by atoms with van der Waals surface area (Å²) in [5, 5.41) is 3.11. The van der Waals surface area contributed by atoms with E-state index in [9.17, 15) is 26.4 Å². The van der Waals surface area contributed by atoms with Gasteiger partial charge in [-0.3, -0.25) is 9.52 Å². The number of hydrogen-bond acceptors (Lipinski definition) is 5. The zero-order valence-corrected chi connectivity index (χ0v) is 18.3. The number of hydrogen-bond donors (Lipinski definition) is 2. The Hall–Kier alpha value is -2.92. The first-order valence-electron chi connectivity index (χ1n) is 8.88. The molecule has 0 unspecified atom stereocenters. The molecule has 164 valence electrons. The van der Waals surface area contributed by atoms with Gasteiger partial charge in [-0.15, -0.1) is 11.3 Å². The van der Waals surface area contributed by atoms with Gasteiger partial charge in [0.25, 0.3) is 5.91 Å². The molecule has 0 spiro atoms. The molecule has 0 saturated carbocycles. The molecule has 0 saturated heterocycles. The number of carbonyl (C=O) groups excluding carboxylic acids is 1. The second-order valence-electron chi connectivity index (χ2n) is 6.87. The average molecular weight is 470 g/mol. The van der Waals surface area contributed by atoms with E-state index in [0.29, 0.717) is 38.1 Å². The maximum Gasteiger partial charge on any atom is 0.416 e. The third kappa shape index (κ3) is 5.61. The predicted molar refractivity (Wildman–Crippen MR) is 115 cm³/mol. The van der Waals surface area contributed by atoms with Crippen LogP contribution in [0.4, 0.5) is 24.5 Å². The summed E-state index contributed by atoms with van der Waals surface area (Å²) in [4.78, 5) is 17.3. The van der Waals surface area contributed by atoms with Crippen molar-refractivity contribution in [1.29, 1.82) is 0 Å². The summed E-state index contributed by atoms with van der Waals surface area (Å²) in [6, 6.07) is 9.35. The van der Waals surface area contributed by atoms with E-state index in [2.05, 4.69) is 15.0 Å². The largest absolute Gasteiger partial charge is 0.416 e. The van der Waals surface area contributed by atoms with Crippen LogP contribution in [-0.4, -0.2) is 25.6 Å². The first-order valence-corrected chi connectivity index (χ1v) is 11.6. The molecule has 0 atom stereocenters. The lowest BCUT2D eigenvalue weighted by Gasteiger charge is -2.11. The van der Waals surface area contributed by atoms with Gasteiger partial charge in [-0.1, -0.05) is 18.2 Å². The number of amides is 1. The SMILES string of the molecule is Cc1ccc(NC(=O)c2sc(-c3ccc(C(F)(F)F)cc3)nc2C)cc1NS(C)(=O)=O. The summed E-state index contributed by atoms with van der Waals surface area (Å²) in [5.41, 5.74) is 1.54. The van der Waals surface area contributed by atoms with Gasteiger partial charge in [-0.2, -0.15) is 13.2 Å². The van der Waals surface area contributed by atoms with Crippen molar-refractivity contribution < 1.29 is 26.4 Å². The van der Waals surface area contributed by atoms with Crippen LogP contribution in [-0.2, 0) is 16.2 Å². The Bertz CT molecular complexity index is 1230. The minimum atomic E-state index is -4.43. The molecular weight excluding hydrogens is 451 g/mol. The predicted octanol–water partition coefficient (Wildman–Crippen LogP) is 5.07. The Morgan fingerprint density at radius 2 is 1.71 bits per heavy atom. The van der Waals surface area contributed by atoms with Crippen molar-refractivity contribution in [2.75, 3.05) is 16.3 Å². The molecule has 2 N–H and O–H groups in total. The highest BCUT2D eigenvalue weighted by atomic mass is 32.2. The normalized spacial score (nSPS) is 11.9. The van der Waals surface area contributed by atoms with Gasteiger partial charge >= 0.3 is 6.18 Å². The number of nitrogens with zero attached hydrogens (tertiary/aromatic N) is 1. The number of aromatic nitrogens is 1. The van der Waals surface area contributed by atoms with Crippen LogP contribution in [0.2, 0.25) is 0 Å². The Balaban J connectivity index is 1.82. The molecule has 1 heterocycles. The molecule has 6 nitrogen and oxygen atoms in total. The fourth-order valence-corrected chi connectivity index (χ4v) is 4.32. The fraction of sp³-hybridized carbons (Fsp3) is 0.200. The highest BCUT2D eigenvalue weighted by Crippen LogP contribution is 2.33. The van der Waals surface area contributed by atoms with Crippen LogP contribution in [0.1, 0.15) is 26.5 Å². The molecule has 3 aromatic rings. The van der Waals surface area contributed by atoms with E-state index < -0.39 is 27.7 Å². The van der Waals surface area contributed by atoms with Crippen LogP contribution in [0.5, 0.6) is 0 Å². The number of sulfonamides is 1. The fourth-order valence-electron chi connectivity index (χ4n) is 2.73. The molecular formula is C20H18F3N3O3S2. The quantitative estimate of drug-likeness (QED) is 0.546. The van der Waals surface area contributed by atoms with E-state index in [1.807, 2.05) is 0 Å². The van der Waals surface area contributed by atoms with E-state index >= 15 is 0 Å². The number of halogens is 3. The van der Waals surface area contributed by atoms with Crippen LogP contribution in [0, 0.1) is 13.8 Å². The van der Waals surface area contributed by atoms with Crippen molar-refractivity contribution in [3.8, 4) is 10.6 Å². The van der Waals surface area contributed by atoms with E-state index in [1.54, 1.807) is 26.0 Å². The number of aryl methyl sites for hydroxylation is 2. The molecule has 31 heavy (non-hydrogen) atoms. The zero-order valence-electron chi connectivity index (χ0n) is 16.7. The zero-order chi connectivity index (χ0) is 23.0. The summed E-state index contributed by atoms with van der Waals surface area (Å²) >= 11 is 1.05. The summed E-state index contributed by atoms with van der Waals surface area (Å²) < 4.78 is 63.6. The number of alkyl halides is 3. The molecule has 1 aromatic heterocycles. The number of thiazole rings is 1. The standard InChI is InChI=1S/C20H18F3N3O3S2/c1-11-4-9-15(10-16(11)26-31(3,28)29)25-18(27)17-12(2)24-19(30-17)13-5-7-14(8-6-13)20(21,22)23/h4-10,26H,1-3H3,(H,25,27). The van der Waals surface area contributed by atoms with Crippen LogP contribution in [0.15, 0.2) is 42.5 Å². The number of carbonyl (C=O) groups is 1. The van der Waals surface area contributed by atoms with Crippen molar-refractivity contribution in [3.05, 3.63) is 64.2 Å². The highest BCUT2D eigenvalue weighted by molar-refractivity contribution is 7.92. The number of rotatable bonds is 5. The highest BCUT2D eigenvalue weighted by Gasteiger charge is 2.30. The molecule has 0 aliphatic rings. The van der Waals surface area contributed by atoms with Crippen LogP contribution in [0.25, 0.3) is 10.6 Å². The van der Waals surface area contributed by atoms with E-state index in [-0.39, 0.29) is 0 Å². The van der Waals surface area contributed by atoms with Gasteiger partial charge in [-0.05, 0) is 43.7 Å². The summed E-state index contributed by atoms with van der Waals surface area (Å²) in [7, 11) is -3.48. The lowest BCUT2D eigenvalue weighted by atomic mass is 10.1. The van der Waals surface area contributed by atoms with Crippen molar-refractivity contribution in [1.82, 2.24) is 4.98 Å². The molecule has 1 amide bonds. The second-order valence-corrected chi connectivity index (χ2v) is 9.61. The molecule has 0 fully saturated rings. The molecule has 0 aliphatic carbocycles. The van der Waals surface area contributed by atoms with Crippen LogP contribution < -0.4 is 10.0 Å². The summed E-state index contributed by atoms with van der Waals surface area (Å²) in [6.45, 7) is 3.35. The lowest BCUT2D eigenvalue weighted by Crippen LogP contribution is -2.13. The van der Waals surface area contributed by atoms with Gasteiger partial charge < -0.3 is 5.32 Å². The first kappa shape index (κ1) is 22.8. The lowest BCUT2D eigenvalue weighted by molar-refractivity contribution is -0.137. The second kappa shape index (κ2) is 8.31. The molecule has 0 radical (unpaired) electrons. The van der Waals surface area contributed by atoms with Gasteiger partial charge in [-0.25, -0.2) is 13.4 Å². The van der Waals surface area contributed by atoms with Gasteiger partial charge in [0, 0.05) is 11.3 Å². The van der Waals surface area contributed by atoms with Gasteiger partial charge in [0.1, 0.15) is 9.88 Å². The number of anilines is 2. The smallest absolute Gasteiger partial charge is 0.321 e. The minimum absolute atomic E-state index is 0.299. The molecule has 0 bridgehead atoms. The van der Waals surface area contributed by atoms with Crippen LogP contribution in [0.3, 0.4) is 0 Å². The van der Waals surface area contributed by atoms with Crippen molar-refractivity contribution in [3.63, 3.8) is 0 Å². The number of nitrogens with one attached hydrogen (secondary N) is 2.